The number of esters is 1. The number of anilines is 1. The number of benzene rings is 2. The molecule has 2 aromatic rings. The van der Waals surface area contributed by atoms with Gasteiger partial charge in [-0.15, -0.1) is 0 Å². The Morgan fingerprint density at radius 1 is 1.17 bits per heavy atom. The Kier molecular flexibility index (Phi) is 7.02. The molecule has 0 atom stereocenters. The molecule has 0 unspecified atom stereocenters. The Balaban J connectivity index is 1.65. The summed E-state index contributed by atoms with van der Waals surface area (Å²) in [5.41, 5.74) is 1.79. The highest BCUT2D eigenvalue weighted by atomic mass is 16.6. The lowest BCUT2D eigenvalue weighted by Gasteiger charge is -2.30. The number of nitrogens with zero attached hydrogens (tertiary/aromatic N) is 2. The molecule has 3 rings (SSSR count). The van der Waals surface area contributed by atoms with E-state index in [1.807, 2.05) is 29.2 Å². The molecule has 1 fully saturated rings. The van der Waals surface area contributed by atoms with Gasteiger partial charge in [0, 0.05) is 25.2 Å². The van der Waals surface area contributed by atoms with Gasteiger partial charge in [0.25, 0.3) is 5.69 Å². The van der Waals surface area contributed by atoms with E-state index >= 15 is 0 Å². The molecule has 0 aromatic heterocycles. The smallest absolute Gasteiger partial charge is 0.340 e. The molecule has 2 aromatic carbocycles. The fraction of sp³-hybridized carbons (Fsp3) is 0.381. The van der Waals surface area contributed by atoms with Crippen LogP contribution in [-0.4, -0.2) is 50.4 Å². The van der Waals surface area contributed by atoms with Crippen molar-refractivity contribution in [2.75, 3.05) is 44.4 Å². The molecule has 8 heteroatoms. The SMILES string of the molecule is CCc1cccc(OCCOC(=O)c2cc([N+](=O)[O-])ccc2N2CCOCC2)c1. The Morgan fingerprint density at radius 3 is 2.69 bits per heavy atom. The average molecular weight is 400 g/mol. The van der Waals surface area contributed by atoms with Crippen molar-refractivity contribution in [3.63, 3.8) is 0 Å². The van der Waals surface area contributed by atoms with Crippen LogP contribution in [0.5, 0.6) is 5.75 Å². The third-order valence-corrected chi connectivity index (χ3v) is 4.65. The van der Waals surface area contributed by atoms with Gasteiger partial charge in [-0.1, -0.05) is 19.1 Å². The normalized spacial score (nSPS) is 13.8. The summed E-state index contributed by atoms with van der Waals surface area (Å²) < 4.78 is 16.3. The van der Waals surface area contributed by atoms with Crippen LogP contribution in [0.3, 0.4) is 0 Å². The molecule has 1 aliphatic heterocycles. The summed E-state index contributed by atoms with van der Waals surface area (Å²) in [6.45, 7) is 4.59. The van der Waals surface area contributed by atoms with Gasteiger partial charge in [0.15, 0.2) is 0 Å². The van der Waals surface area contributed by atoms with Crippen LogP contribution >= 0.6 is 0 Å². The number of hydrogen-bond donors (Lipinski definition) is 0. The average Bonchev–Trinajstić information content (AvgIpc) is 2.76. The number of morpholine rings is 1. The van der Waals surface area contributed by atoms with Crippen LogP contribution in [0.1, 0.15) is 22.8 Å². The van der Waals surface area contributed by atoms with E-state index in [9.17, 15) is 14.9 Å². The van der Waals surface area contributed by atoms with E-state index in [2.05, 4.69) is 6.92 Å². The van der Waals surface area contributed by atoms with Crippen LogP contribution in [0, 0.1) is 10.1 Å². The van der Waals surface area contributed by atoms with Crippen molar-refractivity contribution in [3.8, 4) is 5.75 Å². The van der Waals surface area contributed by atoms with Crippen molar-refractivity contribution in [2.45, 2.75) is 13.3 Å². The number of aryl methyl sites for hydroxylation is 1. The van der Waals surface area contributed by atoms with Gasteiger partial charge in [0.05, 0.1) is 29.4 Å². The molecule has 1 saturated heterocycles. The summed E-state index contributed by atoms with van der Waals surface area (Å²) in [6.07, 6.45) is 0.906. The second-order valence-electron chi connectivity index (χ2n) is 6.54. The van der Waals surface area contributed by atoms with Gasteiger partial charge in [-0.25, -0.2) is 4.79 Å². The molecule has 8 nitrogen and oxygen atoms in total. The molecule has 29 heavy (non-hydrogen) atoms. The topological polar surface area (TPSA) is 91.1 Å². The van der Waals surface area contributed by atoms with Crippen molar-refractivity contribution in [1.29, 1.82) is 0 Å². The number of hydrogen-bond acceptors (Lipinski definition) is 7. The first-order chi connectivity index (χ1) is 14.1. The largest absolute Gasteiger partial charge is 0.490 e. The Labute approximate surface area is 169 Å². The molecule has 0 bridgehead atoms. The van der Waals surface area contributed by atoms with Crippen LogP contribution in [0.15, 0.2) is 42.5 Å². The first-order valence-electron chi connectivity index (χ1n) is 9.58. The summed E-state index contributed by atoms with van der Waals surface area (Å²) in [7, 11) is 0. The van der Waals surface area contributed by atoms with E-state index < -0.39 is 10.9 Å². The molecule has 0 saturated carbocycles. The first-order valence-corrected chi connectivity index (χ1v) is 9.58. The molecule has 0 radical (unpaired) electrons. The number of carbonyl (C=O) groups is 1. The summed E-state index contributed by atoms with van der Waals surface area (Å²) >= 11 is 0. The number of non-ortho nitro benzene ring substituents is 1. The van der Waals surface area contributed by atoms with E-state index in [0.29, 0.717) is 37.7 Å². The van der Waals surface area contributed by atoms with E-state index in [1.54, 1.807) is 6.07 Å². The molecule has 0 amide bonds. The zero-order chi connectivity index (χ0) is 20.6. The highest BCUT2D eigenvalue weighted by molar-refractivity contribution is 5.96. The van der Waals surface area contributed by atoms with Gasteiger partial charge < -0.3 is 19.1 Å². The van der Waals surface area contributed by atoms with Gasteiger partial charge in [0.1, 0.15) is 19.0 Å². The van der Waals surface area contributed by atoms with Gasteiger partial charge in [-0.3, -0.25) is 10.1 Å². The van der Waals surface area contributed by atoms with Crippen molar-refractivity contribution < 1.29 is 23.9 Å². The second-order valence-corrected chi connectivity index (χ2v) is 6.54. The number of nitro benzene ring substituents is 1. The fourth-order valence-corrected chi connectivity index (χ4v) is 3.11. The Hall–Kier alpha value is -3.13. The second kappa shape index (κ2) is 9.88. The predicted molar refractivity (Wildman–Crippen MR) is 108 cm³/mol. The van der Waals surface area contributed by atoms with E-state index in [1.165, 1.54) is 12.1 Å². The molecule has 154 valence electrons. The number of carbonyl (C=O) groups excluding carboxylic acids is 1. The lowest BCUT2D eigenvalue weighted by molar-refractivity contribution is -0.384. The maximum atomic E-state index is 12.6. The van der Waals surface area contributed by atoms with Gasteiger partial charge in [0.2, 0.25) is 0 Å². The van der Waals surface area contributed by atoms with Gasteiger partial charge in [-0.2, -0.15) is 0 Å². The number of rotatable bonds is 8. The lowest BCUT2D eigenvalue weighted by Crippen LogP contribution is -2.37. The number of nitro groups is 1. The maximum Gasteiger partial charge on any atom is 0.340 e. The Bertz CT molecular complexity index is 864. The van der Waals surface area contributed by atoms with E-state index in [-0.39, 0.29) is 24.5 Å². The van der Waals surface area contributed by atoms with Crippen LogP contribution in [0.2, 0.25) is 0 Å². The van der Waals surface area contributed by atoms with E-state index in [0.717, 1.165) is 12.0 Å². The molecule has 1 aliphatic rings. The third-order valence-electron chi connectivity index (χ3n) is 4.65. The van der Waals surface area contributed by atoms with Gasteiger partial charge >= 0.3 is 5.97 Å². The first kappa shape index (κ1) is 20.6. The maximum absolute atomic E-state index is 12.6. The van der Waals surface area contributed by atoms with Crippen molar-refractivity contribution in [3.05, 3.63) is 63.7 Å². The monoisotopic (exact) mass is 400 g/mol. The highest BCUT2D eigenvalue weighted by Gasteiger charge is 2.23. The summed E-state index contributed by atoms with van der Waals surface area (Å²) in [4.78, 5) is 25.2. The molecule has 1 heterocycles. The Morgan fingerprint density at radius 2 is 1.97 bits per heavy atom. The minimum absolute atomic E-state index is 0.0421. The lowest BCUT2D eigenvalue weighted by atomic mass is 10.1. The van der Waals surface area contributed by atoms with E-state index in [4.69, 9.17) is 14.2 Å². The number of ether oxygens (including phenoxy) is 3. The minimum atomic E-state index is -0.610. The zero-order valence-corrected chi connectivity index (χ0v) is 16.3. The quantitative estimate of drug-likeness (QED) is 0.291. The van der Waals surface area contributed by atoms with Crippen LogP contribution in [-0.2, 0) is 15.9 Å². The predicted octanol–water partition coefficient (Wildman–Crippen LogP) is 3.23. The molecule has 0 aliphatic carbocycles. The molecule has 0 N–H and O–H groups in total. The standard InChI is InChI=1S/C21H24N2O6/c1-2-16-4-3-5-18(14-16)28-12-13-29-21(24)19-15-17(23(25)26)6-7-20(19)22-8-10-27-11-9-22/h3-7,14-15H,2,8-13H2,1H3. The molecular formula is C21H24N2O6. The summed E-state index contributed by atoms with van der Waals surface area (Å²) in [6, 6.07) is 12.0. The van der Waals surface area contributed by atoms with Crippen molar-refractivity contribution >= 4 is 17.3 Å². The van der Waals surface area contributed by atoms with Crippen LogP contribution in [0.4, 0.5) is 11.4 Å². The molecular weight excluding hydrogens is 376 g/mol. The zero-order valence-electron chi connectivity index (χ0n) is 16.3. The van der Waals surface area contributed by atoms with Gasteiger partial charge in [-0.05, 0) is 30.2 Å². The van der Waals surface area contributed by atoms with Crippen LogP contribution in [0.25, 0.3) is 0 Å². The van der Waals surface area contributed by atoms with Crippen molar-refractivity contribution in [2.24, 2.45) is 0 Å². The summed E-state index contributed by atoms with van der Waals surface area (Å²) in [5, 5.41) is 11.1. The van der Waals surface area contributed by atoms with Crippen LogP contribution < -0.4 is 9.64 Å². The minimum Gasteiger partial charge on any atom is -0.490 e. The van der Waals surface area contributed by atoms with Crippen molar-refractivity contribution in [1.82, 2.24) is 0 Å². The molecule has 0 spiro atoms. The fourth-order valence-electron chi connectivity index (χ4n) is 3.11. The highest BCUT2D eigenvalue weighted by Crippen LogP contribution is 2.27. The third kappa shape index (κ3) is 5.45. The summed E-state index contributed by atoms with van der Waals surface area (Å²) in [5.74, 6) is 0.103.